The van der Waals surface area contributed by atoms with E-state index in [1.165, 1.54) is 6.20 Å². The Hall–Kier alpha value is -1.56. The number of amides is 3. The molecule has 0 aliphatic carbocycles. The predicted molar refractivity (Wildman–Crippen MR) is 79.1 cm³/mol. The van der Waals surface area contributed by atoms with E-state index in [4.69, 9.17) is 10.5 Å². The van der Waals surface area contributed by atoms with Crippen molar-refractivity contribution in [3.63, 3.8) is 0 Å². The molecule has 3 N–H and O–H groups in total. The van der Waals surface area contributed by atoms with Crippen LogP contribution >= 0.6 is 0 Å². The van der Waals surface area contributed by atoms with Crippen LogP contribution in [0.1, 0.15) is 41.5 Å². The fourth-order valence-electron chi connectivity index (χ4n) is 1.16. The number of hydrogen-bond acceptors (Lipinski definition) is 4. The number of carbonyl (C=O) groups excluding carboxylic acids is 2. The normalized spacial score (nSPS) is 12.3. The van der Waals surface area contributed by atoms with Crippen LogP contribution in [0.3, 0.4) is 0 Å². The predicted octanol–water partition coefficient (Wildman–Crippen LogP) is 2.45. The molecule has 0 atom stereocenters. The smallest absolute Gasteiger partial charge is 0.418 e. The van der Waals surface area contributed by atoms with Crippen molar-refractivity contribution in [1.29, 1.82) is 0 Å². The minimum atomic E-state index is -0.704. The topological polar surface area (TPSA) is 84.7 Å². The number of rotatable bonds is 3. The van der Waals surface area contributed by atoms with Gasteiger partial charge in [-0.25, -0.2) is 14.5 Å². The first-order valence-corrected chi connectivity index (χ1v) is 6.65. The summed E-state index contributed by atoms with van der Waals surface area (Å²) in [6.07, 6.45) is 2.65. The van der Waals surface area contributed by atoms with Crippen LogP contribution in [0.4, 0.5) is 9.59 Å². The molecular weight excluding hydrogens is 258 g/mol. The Bertz CT molecular complexity index is 365. The molecule has 0 spiro atoms. The molecule has 0 saturated heterocycles. The zero-order valence-corrected chi connectivity index (χ0v) is 13.3. The Morgan fingerprint density at radius 3 is 2.15 bits per heavy atom. The minimum absolute atomic E-state index is 0.0576. The van der Waals surface area contributed by atoms with Crippen molar-refractivity contribution in [2.24, 2.45) is 11.1 Å². The highest BCUT2D eigenvalue weighted by Crippen LogP contribution is 2.14. The van der Waals surface area contributed by atoms with Crippen LogP contribution in [0.15, 0.2) is 12.3 Å². The maximum Gasteiger partial charge on any atom is 0.418 e. The van der Waals surface area contributed by atoms with Crippen molar-refractivity contribution in [2.45, 2.75) is 47.1 Å². The average molecular weight is 285 g/mol. The van der Waals surface area contributed by atoms with Crippen molar-refractivity contribution in [3.8, 4) is 0 Å². The fourth-order valence-corrected chi connectivity index (χ4v) is 1.16. The molecule has 0 radical (unpaired) electrons. The van der Waals surface area contributed by atoms with Crippen molar-refractivity contribution >= 4 is 12.1 Å². The van der Waals surface area contributed by atoms with E-state index in [9.17, 15) is 9.59 Å². The molecule has 0 aromatic heterocycles. The summed E-state index contributed by atoms with van der Waals surface area (Å²) in [5.74, 6) is 0. The quantitative estimate of drug-likeness (QED) is 0.834. The number of imide groups is 1. The molecule has 0 saturated carbocycles. The van der Waals surface area contributed by atoms with Gasteiger partial charge in [-0.15, -0.1) is 0 Å². The molecule has 0 bridgehead atoms. The first-order valence-electron chi connectivity index (χ1n) is 6.65. The van der Waals surface area contributed by atoms with Crippen LogP contribution in [0.25, 0.3) is 0 Å². The molecule has 6 nitrogen and oxygen atoms in total. The zero-order valence-electron chi connectivity index (χ0n) is 13.3. The highest BCUT2D eigenvalue weighted by Gasteiger charge is 2.26. The van der Waals surface area contributed by atoms with Gasteiger partial charge in [0.25, 0.3) is 0 Å². The number of urea groups is 1. The maximum atomic E-state index is 12.0. The lowest BCUT2D eigenvalue weighted by Crippen LogP contribution is -2.46. The van der Waals surface area contributed by atoms with Gasteiger partial charge in [0, 0.05) is 19.3 Å². The maximum absolute atomic E-state index is 12.0. The molecule has 6 heteroatoms. The molecule has 3 amide bonds. The molecule has 0 heterocycles. The van der Waals surface area contributed by atoms with Crippen LogP contribution in [-0.4, -0.2) is 35.7 Å². The first kappa shape index (κ1) is 18.4. The molecule has 0 unspecified atom stereocenters. The lowest BCUT2D eigenvalue weighted by molar-refractivity contribution is 0.0328. The second-order valence-corrected chi connectivity index (χ2v) is 6.57. The SMILES string of the molecule is CC(C)(C)/C=C/NC(=O)N(CCN)C(=O)OC(C)(C)C. The third-order valence-electron chi connectivity index (χ3n) is 2.00. The standard InChI is InChI=1S/C14H27N3O3/c1-13(2,3)7-9-16-11(18)17(10-8-15)12(19)20-14(4,5)6/h7,9H,8,10,15H2,1-6H3,(H,16,18)/b9-7+. The van der Waals surface area contributed by atoms with Gasteiger partial charge in [0.2, 0.25) is 0 Å². The number of nitrogens with one attached hydrogen (secondary N) is 1. The van der Waals surface area contributed by atoms with Gasteiger partial charge in [-0.3, -0.25) is 0 Å². The largest absolute Gasteiger partial charge is 0.443 e. The van der Waals surface area contributed by atoms with Crippen molar-refractivity contribution < 1.29 is 14.3 Å². The summed E-state index contributed by atoms with van der Waals surface area (Å²) in [5, 5.41) is 2.54. The highest BCUT2D eigenvalue weighted by atomic mass is 16.6. The number of nitrogens with zero attached hydrogens (tertiary/aromatic N) is 1. The number of allylic oxidation sites excluding steroid dienone is 1. The molecule has 0 aromatic carbocycles. The Morgan fingerprint density at radius 2 is 1.75 bits per heavy atom. The minimum Gasteiger partial charge on any atom is -0.443 e. The van der Waals surface area contributed by atoms with Gasteiger partial charge in [-0.05, 0) is 26.2 Å². The van der Waals surface area contributed by atoms with Crippen LogP contribution in [0.2, 0.25) is 0 Å². The van der Waals surface area contributed by atoms with Crippen LogP contribution in [-0.2, 0) is 4.74 Å². The molecule has 0 aliphatic rings. The average Bonchev–Trinajstić information content (AvgIpc) is 2.21. The van der Waals surface area contributed by atoms with Gasteiger partial charge in [-0.2, -0.15) is 0 Å². The van der Waals surface area contributed by atoms with Gasteiger partial charge in [-0.1, -0.05) is 26.8 Å². The van der Waals surface area contributed by atoms with E-state index in [1.54, 1.807) is 20.8 Å². The van der Waals surface area contributed by atoms with Gasteiger partial charge in [0.05, 0.1) is 0 Å². The zero-order chi connectivity index (χ0) is 16.0. The molecule has 0 aromatic rings. The Kier molecular flexibility index (Phi) is 6.72. The summed E-state index contributed by atoms with van der Waals surface area (Å²) in [5.41, 5.74) is 4.70. The van der Waals surface area contributed by atoms with Gasteiger partial charge < -0.3 is 15.8 Å². The van der Waals surface area contributed by atoms with Gasteiger partial charge in [0.1, 0.15) is 5.60 Å². The number of ether oxygens (including phenoxy) is 1. The molecule has 116 valence electrons. The Balaban J connectivity index is 4.70. The van der Waals surface area contributed by atoms with Crippen molar-refractivity contribution in [2.75, 3.05) is 13.1 Å². The van der Waals surface area contributed by atoms with E-state index >= 15 is 0 Å². The van der Waals surface area contributed by atoms with Crippen molar-refractivity contribution in [1.82, 2.24) is 10.2 Å². The second-order valence-electron chi connectivity index (χ2n) is 6.57. The van der Waals surface area contributed by atoms with Crippen LogP contribution < -0.4 is 11.1 Å². The summed E-state index contributed by atoms with van der Waals surface area (Å²) < 4.78 is 5.17. The van der Waals surface area contributed by atoms with E-state index in [0.29, 0.717) is 0 Å². The summed E-state index contributed by atoms with van der Waals surface area (Å²) in [6.45, 7) is 11.5. The van der Waals surface area contributed by atoms with E-state index in [0.717, 1.165) is 4.90 Å². The third kappa shape index (κ3) is 8.53. The summed E-state index contributed by atoms with van der Waals surface area (Å²) in [7, 11) is 0. The fraction of sp³-hybridized carbons (Fsp3) is 0.714. The van der Waals surface area contributed by atoms with E-state index in [-0.39, 0.29) is 18.5 Å². The third-order valence-corrected chi connectivity index (χ3v) is 2.00. The van der Waals surface area contributed by atoms with E-state index < -0.39 is 17.7 Å². The molecule has 0 rings (SSSR count). The summed E-state index contributed by atoms with van der Waals surface area (Å²) >= 11 is 0. The highest BCUT2D eigenvalue weighted by molar-refractivity contribution is 5.91. The number of nitrogens with two attached hydrogens (primary N) is 1. The van der Waals surface area contributed by atoms with Crippen molar-refractivity contribution in [3.05, 3.63) is 12.3 Å². The van der Waals surface area contributed by atoms with E-state index in [1.807, 2.05) is 26.8 Å². The summed E-state index contributed by atoms with van der Waals surface area (Å²) in [6, 6.07) is -0.551. The Morgan fingerprint density at radius 1 is 1.20 bits per heavy atom. The monoisotopic (exact) mass is 285 g/mol. The Labute approximate surface area is 121 Å². The van der Waals surface area contributed by atoms with Gasteiger partial charge in [0.15, 0.2) is 0 Å². The molecular formula is C14H27N3O3. The first-order chi connectivity index (χ1) is 8.96. The second kappa shape index (κ2) is 7.28. The van der Waals surface area contributed by atoms with Crippen LogP contribution in [0, 0.1) is 5.41 Å². The molecule has 0 fully saturated rings. The molecule has 0 aliphatic heterocycles. The number of carbonyl (C=O) groups is 2. The summed E-state index contributed by atoms with van der Waals surface area (Å²) in [4.78, 5) is 24.8. The lowest BCUT2D eigenvalue weighted by atomic mass is 9.97. The van der Waals surface area contributed by atoms with Gasteiger partial charge >= 0.3 is 12.1 Å². The van der Waals surface area contributed by atoms with E-state index in [2.05, 4.69) is 5.32 Å². The lowest BCUT2D eigenvalue weighted by Gasteiger charge is -2.25. The number of hydrogen-bond donors (Lipinski definition) is 2. The molecule has 20 heavy (non-hydrogen) atoms. The van der Waals surface area contributed by atoms with Crippen LogP contribution in [0.5, 0.6) is 0 Å².